The second-order valence-electron chi connectivity index (χ2n) is 7.47. The zero-order chi connectivity index (χ0) is 21.6. The summed E-state index contributed by atoms with van der Waals surface area (Å²) >= 11 is 1.70. The maximum Gasteiger partial charge on any atom is 0.226 e. The van der Waals surface area contributed by atoms with Gasteiger partial charge in [0.1, 0.15) is 11.5 Å². The van der Waals surface area contributed by atoms with Gasteiger partial charge in [-0.15, -0.1) is 11.3 Å². The summed E-state index contributed by atoms with van der Waals surface area (Å²) in [6.07, 6.45) is 0. The zero-order valence-electron chi connectivity index (χ0n) is 18.2. The first kappa shape index (κ1) is 21.3. The summed E-state index contributed by atoms with van der Waals surface area (Å²) in [5.41, 5.74) is 6.19. The molecule has 0 fully saturated rings. The van der Waals surface area contributed by atoms with Crippen LogP contribution in [0, 0.1) is 13.8 Å². The third-order valence-electron chi connectivity index (χ3n) is 5.14. The van der Waals surface area contributed by atoms with E-state index >= 15 is 0 Å². The smallest absolute Gasteiger partial charge is 0.226 e. The molecule has 0 unspecified atom stereocenters. The van der Waals surface area contributed by atoms with Crippen LogP contribution in [0.25, 0.3) is 11.5 Å². The molecule has 0 bridgehead atoms. The Hall–Kier alpha value is -2.96. The Bertz CT molecular complexity index is 1100. The van der Waals surface area contributed by atoms with Crippen LogP contribution >= 0.6 is 11.3 Å². The molecule has 0 aliphatic heterocycles. The van der Waals surface area contributed by atoms with Crippen molar-refractivity contribution < 1.29 is 9.15 Å². The van der Waals surface area contributed by atoms with Gasteiger partial charge < -0.3 is 9.15 Å². The average Bonchev–Trinajstić information content (AvgIpc) is 3.35. The van der Waals surface area contributed by atoms with Gasteiger partial charge in [0, 0.05) is 30.1 Å². The van der Waals surface area contributed by atoms with E-state index in [9.17, 15) is 0 Å². The SMILES string of the molecule is CCOc1ccc(-c2nc(CN(Cc3ccccc3)Cc3scnc3C)c(C)o2)cc1. The van der Waals surface area contributed by atoms with E-state index < -0.39 is 0 Å². The van der Waals surface area contributed by atoms with Crippen LogP contribution in [0.3, 0.4) is 0 Å². The first-order chi connectivity index (χ1) is 15.1. The van der Waals surface area contributed by atoms with Crippen molar-refractivity contribution in [2.75, 3.05) is 6.61 Å². The lowest BCUT2D eigenvalue weighted by Gasteiger charge is -2.21. The summed E-state index contributed by atoms with van der Waals surface area (Å²) in [6.45, 7) is 9.05. The lowest BCUT2D eigenvalue weighted by Crippen LogP contribution is -2.23. The maximum absolute atomic E-state index is 6.02. The van der Waals surface area contributed by atoms with E-state index in [1.165, 1.54) is 10.4 Å². The van der Waals surface area contributed by atoms with Gasteiger partial charge in [0.05, 0.1) is 23.5 Å². The van der Waals surface area contributed by atoms with Crippen LogP contribution in [-0.4, -0.2) is 21.5 Å². The highest BCUT2D eigenvalue weighted by Gasteiger charge is 2.17. The van der Waals surface area contributed by atoms with Gasteiger partial charge in [-0.2, -0.15) is 0 Å². The molecule has 6 heteroatoms. The van der Waals surface area contributed by atoms with Crippen molar-refractivity contribution in [2.45, 2.75) is 40.4 Å². The van der Waals surface area contributed by atoms with E-state index in [0.29, 0.717) is 19.0 Å². The number of benzene rings is 2. The van der Waals surface area contributed by atoms with Crippen molar-refractivity contribution >= 4 is 11.3 Å². The normalized spacial score (nSPS) is 11.2. The number of aromatic nitrogens is 2. The second kappa shape index (κ2) is 9.90. The van der Waals surface area contributed by atoms with E-state index in [4.69, 9.17) is 14.1 Å². The predicted octanol–water partition coefficient (Wildman–Crippen LogP) is 6.02. The Morgan fingerprint density at radius 3 is 2.42 bits per heavy atom. The lowest BCUT2D eigenvalue weighted by atomic mass is 10.2. The molecule has 2 aromatic heterocycles. The summed E-state index contributed by atoms with van der Waals surface area (Å²) in [5, 5.41) is 0. The highest BCUT2D eigenvalue weighted by Crippen LogP contribution is 2.26. The highest BCUT2D eigenvalue weighted by molar-refractivity contribution is 7.09. The molecule has 0 aliphatic carbocycles. The molecule has 4 aromatic rings. The zero-order valence-corrected chi connectivity index (χ0v) is 19.0. The fourth-order valence-electron chi connectivity index (χ4n) is 3.46. The highest BCUT2D eigenvalue weighted by atomic mass is 32.1. The van der Waals surface area contributed by atoms with Gasteiger partial charge in [-0.05, 0) is 50.6 Å². The summed E-state index contributed by atoms with van der Waals surface area (Å²) in [4.78, 5) is 12.9. The molecule has 160 valence electrons. The number of aryl methyl sites for hydroxylation is 2. The molecule has 0 saturated carbocycles. The van der Waals surface area contributed by atoms with Crippen LogP contribution in [0.4, 0.5) is 0 Å². The number of rotatable bonds is 9. The standard InChI is InChI=1S/C25H27N3O2S/c1-4-29-22-12-10-21(11-13-22)25-27-23(19(3)30-25)15-28(14-20-8-6-5-7-9-20)16-24-18(2)26-17-31-24/h5-13,17H,4,14-16H2,1-3H3. The van der Waals surface area contributed by atoms with E-state index in [2.05, 4.69) is 41.1 Å². The van der Waals surface area contributed by atoms with Gasteiger partial charge in [0.25, 0.3) is 0 Å². The first-order valence-corrected chi connectivity index (χ1v) is 11.3. The molecular formula is C25H27N3O2S. The van der Waals surface area contributed by atoms with Gasteiger partial charge >= 0.3 is 0 Å². The van der Waals surface area contributed by atoms with Crippen molar-refractivity contribution in [3.8, 4) is 17.2 Å². The van der Waals surface area contributed by atoms with Gasteiger partial charge in [-0.3, -0.25) is 4.90 Å². The molecule has 0 saturated heterocycles. The van der Waals surface area contributed by atoms with Crippen LogP contribution < -0.4 is 4.74 Å². The molecule has 2 aromatic carbocycles. The van der Waals surface area contributed by atoms with Crippen molar-refractivity contribution in [2.24, 2.45) is 0 Å². The van der Waals surface area contributed by atoms with E-state index in [-0.39, 0.29) is 0 Å². The maximum atomic E-state index is 6.02. The Labute approximate surface area is 187 Å². The molecule has 5 nitrogen and oxygen atoms in total. The third kappa shape index (κ3) is 5.40. The molecule has 0 N–H and O–H groups in total. The van der Waals surface area contributed by atoms with Crippen LogP contribution in [0.15, 0.2) is 64.5 Å². The van der Waals surface area contributed by atoms with E-state index in [1.807, 2.05) is 49.7 Å². The second-order valence-corrected chi connectivity index (χ2v) is 8.41. The van der Waals surface area contributed by atoms with Gasteiger partial charge in [0.15, 0.2) is 0 Å². The van der Waals surface area contributed by atoms with Crippen LogP contribution in [0.2, 0.25) is 0 Å². The molecule has 0 aliphatic rings. The van der Waals surface area contributed by atoms with E-state index in [1.54, 1.807) is 11.3 Å². The number of hydrogen-bond donors (Lipinski definition) is 0. The monoisotopic (exact) mass is 433 g/mol. The largest absolute Gasteiger partial charge is 0.494 e. The van der Waals surface area contributed by atoms with Crippen molar-refractivity contribution in [1.82, 2.24) is 14.9 Å². The summed E-state index contributed by atoms with van der Waals surface area (Å²) < 4.78 is 11.6. The number of nitrogens with zero attached hydrogens (tertiary/aromatic N) is 3. The topological polar surface area (TPSA) is 51.4 Å². The number of oxazole rings is 1. The average molecular weight is 434 g/mol. The van der Waals surface area contributed by atoms with Gasteiger partial charge in [-0.25, -0.2) is 9.97 Å². The van der Waals surface area contributed by atoms with E-state index in [0.717, 1.165) is 41.6 Å². The van der Waals surface area contributed by atoms with Crippen molar-refractivity contribution in [3.63, 3.8) is 0 Å². The Morgan fingerprint density at radius 1 is 0.968 bits per heavy atom. The van der Waals surface area contributed by atoms with Crippen LogP contribution in [0.5, 0.6) is 5.75 Å². The van der Waals surface area contributed by atoms with Crippen molar-refractivity contribution in [1.29, 1.82) is 0 Å². The Kier molecular flexibility index (Phi) is 6.79. The summed E-state index contributed by atoms with van der Waals surface area (Å²) in [6, 6.07) is 18.4. The fraction of sp³-hybridized carbons (Fsp3) is 0.280. The predicted molar refractivity (Wildman–Crippen MR) is 124 cm³/mol. The molecule has 2 heterocycles. The molecular weight excluding hydrogens is 406 g/mol. The van der Waals surface area contributed by atoms with Crippen LogP contribution in [-0.2, 0) is 19.6 Å². The third-order valence-corrected chi connectivity index (χ3v) is 6.06. The molecule has 0 radical (unpaired) electrons. The quantitative estimate of drug-likeness (QED) is 0.323. The fourth-order valence-corrected chi connectivity index (χ4v) is 4.28. The minimum atomic E-state index is 0.643. The van der Waals surface area contributed by atoms with Crippen LogP contribution in [0.1, 0.15) is 34.5 Å². The Balaban J connectivity index is 1.55. The molecule has 0 atom stereocenters. The number of ether oxygens (including phenoxy) is 1. The first-order valence-electron chi connectivity index (χ1n) is 10.5. The molecule has 0 spiro atoms. The molecule has 4 rings (SSSR count). The molecule has 31 heavy (non-hydrogen) atoms. The minimum absolute atomic E-state index is 0.643. The van der Waals surface area contributed by atoms with Gasteiger partial charge in [0.2, 0.25) is 5.89 Å². The molecule has 0 amide bonds. The minimum Gasteiger partial charge on any atom is -0.494 e. The lowest BCUT2D eigenvalue weighted by molar-refractivity contribution is 0.245. The number of hydrogen-bond acceptors (Lipinski definition) is 6. The number of thiazole rings is 1. The van der Waals surface area contributed by atoms with Crippen molar-refractivity contribution in [3.05, 3.63) is 87.7 Å². The Morgan fingerprint density at radius 2 is 1.74 bits per heavy atom. The summed E-state index contributed by atoms with van der Waals surface area (Å²) in [7, 11) is 0. The summed E-state index contributed by atoms with van der Waals surface area (Å²) in [5.74, 6) is 2.34. The van der Waals surface area contributed by atoms with Gasteiger partial charge in [-0.1, -0.05) is 30.3 Å².